The summed E-state index contributed by atoms with van der Waals surface area (Å²) in [6, 6.07) is 7.31. The molecule has 1 aromatic rings. The number of halogens is 1. The van der Waals surface area contributed by atoms with E-state index in [9.17, 15) is 4.39 Å². The Kier molecular flexibility index (Phi) is 6.17. The van der Waals surface area contributed by atoms with Crippen molar-refractivity contribution in [3.05, 3.63) is 35.1 Å². The average molecular weight is 266 g/mol. The van der Waals surface area contributed by atoms with Crippen LogP contribution < -0.4 is 0 Å². The lowest BCUT2D eigenvalue weighted by Gasteiger charge is -2.26. The molecule has 0 aliphatic heterocycles. The van der Waals surface area contributed by atoms with Gasteiger partial charge in [-0.3, -0.25) is 4.90 Å². The van der Waals surface area contributed by atoms with Crippen molar-refractivity contribution in [3.63, 3.8) is 0 Å². The molecule has 0 saturated carbocycles. The van der Waals surface area contributed by atoms with Gasteiger partial charge in [0.15, 0.2) is 0 Å². The van der Waals surface area contributed by atoms with Gasteiger partial charge in [-0.05, 0) is 25.8 Å². The number of hydrogen-bond acceptors (Lipinski definition) is 3. The van der Waals surface area contributed by atoms with Crippen LogP contribution in [0.4, 0.5) is 4.39 Å². The molecule has 1 atom stereocenters. The van der Waals surface area contributed by atoms with E-state index >= 15 is 0 Å². The Morgan fingerprint density at radius 1 is 1.50 bits per heavy atom. The van der Waals surface area contributed by atoms with Crippen LogP contribution in [0.5, 0.6) is 0 Å². The lowest BCUT2D eigenvalue weighted by atomic mass is 10.1. The zero-order chi connectivity index (χ0) is 13.5. The Hall–Kier alpha value is -1.05. The Morgan fingerprint density at radius 3 is 2.78 bits per heavy atom. The van der Waals surface area contributed by atoms with E-state index in [1.54, 1.807) is 23.9 Å². The lowest BCUT2D eigenvalue weighted by molar-refractivity contribution is 0.244. The molecular weight excluding hydrogens is 247 g/mol. The van der Waals surface area contributed by atoms with Crippen molar-refractivity contribution in [2.75, 3.05) is 19.1 Å². The fraction of sp³-hybridized carbons (Fsp3) is 0.500. The molecule has 4 heteroatoms. The predicted octanol–water partition coefficient (Wildman–Crippen LogP) is 3.27. The van der Waals surface area contributed by atoms with Crippen LogP contribution in [-0.2, 0) is 6.54 Å². The molecule has 18 heavy (non-hydrogen) atoms. The Labute approximate surface area is 113 Å². The molecule has 1 aromatic carbocycles. The van der Waals surface area contributed by atoms with Crippen LogP contribution >= 0.6 is 11.8 Å². The highest BCUT2D eigenvalue weighted by Crippen LogP contribution is 2.17. The normalized spacial score (nSPS) is 12.4. The minimum Gasteiger partial charge on any atom is -0.298 e. The molecule has 0 aliphatic rings. The third kappa shape index (κ3) is 3.72. The van der Waals surface area contributed by atoms with E-state index in [1.807, 2.05) is 13.1 Å². The molecule has 0 aromatic heterocycles. The second-order valence-corrected chi connectivity index (χ2v) is 5.23. The summed E-state index contributed by atoms with van der Waals surface area (Å²) in [6.45, 7) is 2.68. The first kappa shape index (κ1) is 15.0. The van der Waals surface area contributed by atoms with E-state index in [0.29, 0.717) is 18.2 Å². The van der Waals surface area contributed by atoms with Crippen LogP contribution in [0.1, 0.15) is 24.5 Å². The summed E-state index contributed by atoms with van der Waals surface area (Å²) in [4.78, 5) is 2.15. The lowest BCUT2D eigenvalue weighted by Crippen LogP contribution is -2.33. The predicted molar refractivity (Wildman–Crippen MR) is 75.0 cm³/mol. The highest BCUT2D eigenvalue weighted by atomic mass is 32.2. The SMILES string of the molecule is CCC(CSC)N(C)Cc1cccc(C#N)c1F. The molecule has 0 fully saturated rings. The maximum Gasteiger partial charge on any atom is 0.145 e. The number of nitrogens with zero attached hydrogens (tertiary/aromatic N) is 2. The van der Waals surface area contributed by atoms with Gasteiger partial charge in [-0.15, -0.1) is 0 Å². The summed E-state index contributed by atoms with van der Waals surface area (Å²) in [5, 5.41) is 8.81. The van der Waals surface area contributed by atoms with Gasteiger partial charge in [0, 0.05) is 23.9 Å². The van der Waals surface area contributed by atoms with Gasteiger partial charge >= 0.3 is 0 Å². The molecule has 0 heterocycles. The Morgan fingerprint density at radius 2 is 2.22 bits per heavy atom. The van der Waals surface area contributed by atoms with Gasteiger partial charge in [-0.1, -0.05) is 19.1 Å². The quantitative estimate of drug-likeness (QED) is 0.790. The molecule has 0 aliphatic carbocycles. The molecule has 0 spiro atoms. The van der Waals surface area contributed by atoms with E-state index in [-0.39, 0.29) is 11.4 Å². The molecule has 0 amide bonds. The first-order chi connectivity index (χ1) is 8.63. The topological polar surface area (TPSA) is 27.0 Å². The second-order valence-electron chi connectivity index (χ2n) is 4.32. The highest BCUT2D eigenvalue weighted by Gasteiger charge is 2.15. The molecule has 0 N–H and O–H groups in total. The minimum absolute atomic E-state index is 0.124. The van der Waals surface area contributed by atoms with Crippen molar-refractivity contribution in [3.8, 4) is 6.07 Å². The molecule has 1 unspecified atom stereocenters. The summed E-state index contributed by atoms with van der Waals surface area (Å²) in [6.07, 6.45) is 3.12. The van der Waals surface area contributed by atoms with Crippen molar-refractivity contribution in [1.82, 2.24) is 4.90 Å². The van der Waals surface area contributed by atoms with E-state index in [4.69, 9.17) is 5.26 Å². The van der Waals surface area contributed by atoms with Crippen LogP contribution in [-0.4, -0.2) is 30.0 Å². The van der Waals surface area contributed by atoms with Crippen molar-refractivity contribution in [2.45, 2.75) is 25.9 Å². The van der Waals surface area contributed by atoms with Crippen molar-refractivity contribution in [1.29, 1.82) is 5.26 Å². The van der Waals surface area contributed by atoms with Gasteiger partial charge in [0.1, 0.15) is 11.9 Å². The number of nitriles is 1. The third-order valence-electron chi connectivity index (χ3n) is 3.07. The highest BCUT2D eigenvalue weighted by molar-refractivity contribution is 7.98. The molecule has 0 radical (unpaired) electrons. The molecular formula is C14H19FN2S. The number of benzene rings is 1. The van der Waals surface area contributed by atoms with E-state index in [2.05, 4.69) is 18.1 Å². The van der Waals surface area contributed by atoms with Crippen molar-refractivity contribution >= 4 is 11.8 Å². The van der Waals surface area contributed by atoms with Crippen LogP contribution in [0.25, 0.3) is 0 Å². The van der Waals surface area contributed by atoms with Crippen LogP contribution in [0.3, 0.4) is 0 Å². The van der Waals surface area contributed by atoms with E-state index in [0.717, 1.165) is 12.2 Å². The van der Waals surface area contributed by atoms with Crippen LogP contribution in [0.2, 0.25) is 0 Å². The smallest absolute Gasteiger partial charge is 0.145 e. The first-order valence-electron chi connectivity index (χ1n) is 6.00. The monoisotopic (exact) mass is 266 g/mol. The fourth-order valence-electron chi connectivity index (χ4n) is 1.94. The zero-order valence-corrected chi connectivity index (χ0v) is 11.9. The number of thioether (sulfide) groups is 1. The summed E-state index contributed by atoms with van der Waals surface area (Å²) >= 11 is 1.80. The van der Waals surface area contributed by atoms with Gasteiger partial charge in [0.2, 0.25) is 0 Å². The maximum absolute atomic E-state index is 13.9. The third-order valence-corrected chi connectivity index (χ3v) is 3.79. The van der Waals surface area contributed by atoms with Crippen molar-refractivity contribution in [2.24, 2.45) is 0 Å². The standard InChI is InChI=1S/C14H19FN2S/c1-4-13(10-18-3)17(2)9-12-7-5-6-11(8-16)14(12)15/h5-7,13H,4,9-10H2,1-3H3. The zero-order valence-electron chi connectivity index (χ0n) is 11.1. The van der Waals surface area contributed by atoms with Gasteiger partial charge in [-0.2, -0.15) is 17.0 Å². The number of hydrogen-bond donors (Lipinski definition) is 0. The summed E-state index contributed by atoms with van der Waals surface area (Å²) in [5.41, 5.74) is 0.718. The molecule has 98 valence electrons. The Balaban J connectivity index is 2.81. The summed E-state index contributed by atoms with van der Waals surface area (Å²) < 4.78 is 13.9. The minimum atomic E-state index is -0.383. The van der Waals surface area contributed by atoms with Gasteiger partial charge < -0.3 is 0 Å². The Bertz CT molecular complexity index is 428. The molecule has 1 rings (SSSR count). The fourth-order valence-corrected chi connectivity index (χ4v) is 2.81. The maximum atomic E-state index is 13.9. The van der Waals surface area contributed by atoms with E-state index < -0.39 is 0 Å². The van der Waals surface area contributed by atoms with Crippen LogP contribution in [0.15, 0.2) is 18.2 Å². The van der Waals surface area contributed by atoms with Crippen LogP contribution in [0, 0.1) is 17.1 Å². The number of rotatable bonds is 6. The molecule has 0 bridgehead atoms. The average Bonchev–Trinajstić information content (AvgIpc) is 2.38. The van der Waals surface area contributed by atoms with Crippen molar-refractivity contribution < 1.29 is 4.39 Å². The van der Waals surface area contributed by atoms with Gasteiger partial charge in [-0.25, -0.2) is 4.39 Å². The largest absolute Gasteiger partial charge is 0.298 e. The van der Waals surface area contributed by atoms with E-state index in [1.165, 1.54) is 6.07 Å². The first-order valence-corrected chi connectivity index (χ1v) is 7.40. The summed E-state index contributed by atoms with van der Waals surface area (Å²) in [7, 11) is 2.00. The van der Waals surface area contributed by atoms with Gasteiger partial charge in [0.05, 0.1) is 5.56 Å². The summed E-state index contributed by atoms with van der Waals surface area (Å²) in [5.74, 6) is 0.651. The van der Waals surface area contributed by atoms with Gasteiger partial charge in [0.25, 0.3) is 0 Å². The molecule has 2 nitrogen and oxygen atoms in total. The molecule has 0 saturated heterocycles. The second kappa shape index (κ2) is 7.40.